The van der Waals surface area contributed by atoms with Gasteiger partial charge in [-0.1, -0.05) is 139 Å². The molecular formula is C57H44N4. The summed E-state index contributed by atoms with van der Waals surface area (Å²) in [6.07, 6.45) is 0. The largest absolute Gasteiger partial charge is 0.308 e. The molecule has 0 N–H and O–H groups in total. The van der Waals surface area contributed by atoms with Crippen LogP contribution in [0.5, 0.6) is 0 Å². The summed E-state index contributed by atoms with van der Waals surface area (Å²) in [4.78, 5) is 8.38. The molecule has 0 spiro atoms. The van der Waals surface area contributed by atoms with Gasteiger partial charge in [0.1, 0.15) is 5.65 Å². The van der Waals surface area contributed by atoms with E-state index in [-0.39, 0.29) is 10.8 Å². The number of pyridine rings is 1. The Kier molecular flexibility index (Phi) is 6.69. The van der Waals surface area contributed by atoms with Crippen LogP contribution in [0.3, 0.4) is 0 Å². The van der Waals surface area contributed by atoms with Gasteiger partial charge in [-0.15, -0.1) is 0 Å². The maximum atomic E-state index is 5.93. The van der Waals surface area contributed by atoms with Crippen LogP contribution >= 0.6 is 0 Å². The van der Waals surface area contributed by atoms with Crippen molar-refractivity contribution in [3.63, 3.8) is 0 Å². The molecule has 4 nitrogen and oxygen atoms in total. The smallest absolute Gasteiger partial charge is 0.146 e. The van der Waals surface area contributed by atoms with E-state index in [0.29, 0.717) is 0 Å². The topological polar surface area (TPSA) is 25.0 Å². The molecule has 13 rings (SSSR count). The molecule has 8 aromatic carbocycles. The first-order chi connectivity index (χ1) is 29.5. The molecule has 0 unspecified atom stereocenters. The van der Waals surface area contributed by atoms with Crippen molar-refractivity contribution in [1.82, 2.24) is 13.8 Å². The molecule has 5 aromatic heterocycles. The Balaban J connectivity index is 1.28. The van der Waals surface area contributed by atoms with Gasteiger partial charge in [-0.05, 0) is 98.8 Å². The number of hydrogen-bond acceptors (Lipinski definition) is 2. The third-order valence-corrected chi connectivity index (χ3v) is 13.6. The highest BCUT2D eigenvalue weighted by molar-refractivity contribution is 6.34. The highest BCUT2D eigenvalue weighted by Gasteiger charge is 2.30. The minimum atomic E-state index is -0.0934. The molecule has 292 valence electrons. The van der Waals surface area contributed by atoms with Crippen molar-refractivity contribution in [1.29, 1.82) is 0 Å². The molecule has 0 amide bonds. The first-order valence-corrected chi connectivity index (χ1v) is 21.6. The molecule has 0 saturated heterocycles. The van der Waals surface area contributed by atoms with Crippen LogP contribution in [0.15, 0.2) is 158 Å². The van der Waals surface area contributed by atoms with E-state index in [1.165, 1.54) is 92.4 Å². The normalized spacial score (nSPS) is 13.1. The van der Waals surface area contributed by atoms with Gasteiger partial charge in [-0.2, -0.15) is 0 Å². The fourth-order valence-corrected chi connectivity index (χ4v) is 10.6. The van der Waals surface area contributed by atoms with E-state index in [9.17, 15) is 0 Å². The van der Waals surface area contributed by atoms with Gasteiger partial charge in [0.15, 0.2) is 0 Å². The van der Waals surface area contributed by atoms with E-state index < -0.39 is 0 Å². The Morgan fingerprint density at radius 2 is 0.967 bits per heavy atom. The molecule has 13 aromatic rings. The molecule has 0 aliphatic heterocycles. The van der Waals surface area contributed by atoms with E-state index >= 15 is 0 Å². The first kappa shape index (κ1) is 34.7. The Morgan fingerprint density at radius 3 is 1.64 bits per heavy atom. The molecule has 0 fully saturated rings. The molecule has 0 radical (unpaired) electrons. The van der Waals surface area contributed by atoms with Crippen molar-refractivity contribution in [2.45, 2.75) is 52.4 Å². The Hall–Kier alpha value is -7.17. The Morgan fingerprint density at radius 1 is 0.410 bits per heavy atom. The Labute approximate surface area is 353 Å². The zero-order chi connectivity index (χ0) is 41.1. The number of benzene rings is 8. The summed E-state index contributed by atoms with van der Waals surface area (Å²) in [5, 5.41) is 13.7. The van der Waals surface area contributed by atoms with Crippen LogP contribution in [0.25, 0.3) is 98.0 Å². The van der Waals surface area contributed by atoms with Crippen molar-refractivity contribution in [2.75, 3.05) is 4.90 Å². The van der Waals surface area contributed by atoms with Crippen molar-refractivity contribution in [3.8, 4) is 0 Å². The zero-order valence-electron chi connectivity index (χ0n) is 35.3. The predicted molar refractivity (Wildman–Crippen MR) is 261 cm³/mol. The van der Waals surface area contributed by atoms with Crippen molar-refractivity contribution in [3.05, 3.63) is 169 Å². The summed E-state index contributed by atoms with van der Waals surface area (Å²) >= 11 is 0. The van der Waals surface area contributed by atoms with Gasteiger partial charge in [0, 0.05) is 54.5 Å². The minimum absolute atomic E-state index is 0.0747. The number of aromatic nitrogens is 3. The van der Waals surface area contributed by atoms with E-state index in [1.807, 2.05) is 0 Å². The average molecular weight is 785 g/mol. The van der Waals surface area contributed by atoms with E-state index in [1.54, 1.807) is 0 Å². The minimum Gasteiger partial charge on any atom is -0.308 e. The summed E-state index contributed by atoms with van der Waals surface area (Å²) in [7, 11) is 0. The summed E-state index contributed by atoms with van der Waals surface area (Å²) in [5.41, 5.74) is 13.9. The zero-order valence-corrected chi connectivity index (χ0v) is 35.3. The van der Waals surface area contributed by atoms with Gasteiger partial charge < -0.3 is 9.30 Å². The molecule has 0 bridgehead atoms. The van der Waals surface area contributed by atoms with Gasteiger partial charge in [-0.25, -0.2) is 4.98 Å². The Bertz CT molecular complexity index is 3890. The highest BCUT2D eigenvalue weighted by atomic mass is 15.2. The fourth-order valence-electron chi connectivity index (χ4n) is 10.6. The highest BCUT2D eigenvalue weighted by Crippen LogP contribution is 2.50. The average Bonchev–Trinajstić information content (AvgIpc) is 3.98. The summed E-state index contributed by atoms with van der Waals surface area (Å²) in [6, 6.07) is 58.7. The molecule has 0 atom stereocenters. The van der Waals surface area contributed by atoms with Crippen molar-refractivity contribution in [2.24, 2.45) is 0 Å². The van der Waals surface area contributed by atoms with Gasteiger partial charge >= 0.3 is 0 Å². The first-order valence-electron chi connectivity index (χ1n) is 21.6. The summed E-state index contributed by atoms with van der Waals surface area (Å²) < 4.78 is 5.06. The van der Waals surface area contributed by atoms with E-state index in [4.69, 9.17) is 4.98 Å². The van der Waals surface area contributed by atoms with Crippen LogP contribution in [0, 0.1) is 0 Å². The SMILES string of the molecule is CC(C)(C)c1cc(N(c2ccccc2)c2ccccc2)c2c(c1)c1cc(C(C)(C)C)cc3c4cc5c(nc4n2c31)c1cc2ccccc2c2c3ccc4ccccc4c3n5c12. The number of hydrogen-bond donors (Lipinski definition) is 0. The van der Waals surface area contributed by atoms with Crippen LogP contribution in [0.4, 0.5) is 17.1 Å². The second-order valence-electron chi connectivity index (χ2n) is 19.3. The van der Waals surface area contributed by atoms with Crippen LogP contribution in [-0.2, 0) is 10.8 Å². The molecule has 4 heteroatoms. The molecule has 0 saturated carbocycles. The summed E-state index contributed by atoms with van der Waals surface area (Å²) in [6.45, 7) is 14.0. The maximum Gasteiger partial charge on any atom is 0.146 e. The number of para-hydroxylation sites is 2. The lowest BCUT2D eigenvalue weighted by atomic mass is 9.84. The molecular weight excluding hydrogens is 741 g/mol. The fraction of sp³-hybridized carbons (Fsp3) is 0.140. The lowest BCUT2D eigenvalue weighted by molar-refractivity contribution is 0.591. The van der Waals surface area contributed by atoms with Crippen molar-refractivity contribution < 1.29 is 0 Å². The lowest BCUT2D eigenvalue weighted by Crippen LogP contribution is -2.15. The third kappa shape index (κ3) is 4.62. The molecule has 61 heavy (non-hydrogen) atoms. The number of anilines is 3. The second kappa shape index (κ2) is 11.8. The number of nitrogens with zero attached hydrogens (tertiary/aromatic N) is 4. The van der Waals surface area contributed by atoms with Crippen LogP contribution in [0.1, 0.15) is 52.7 Å². The molecule has 0 aliphatic rings. The predicted octanol–water partition coefficient (Wildman–Crippen LogP) is 15.8. The second-order valence-corrected chi connectivity index (χ2v) is 19.3. The van der Waals surface area contributed by atoms with Gasteiger partial charge in [0.25, 0.3) is 0 Å². The summed E-state index contributed by atoms with van der Waals surface area (Å²) in [5.74, 6) is 0. The third-order valence-electron chi connectivity index (χ3n) is 13.6. The van der Waals surface area contributed by atoms with Crippen molar-refractivity contribution >= 4 is 115 Å². The van der Waals surface area contributed by atoms with E-state index in [0.717, 1.165) is 33.7 Å². The van der Waals surface area contributed by atoms with Crippen LogP contribution in [-0.4, -0.2) is 13.8 Å². The molecule has 0 aliphatic carbocycles. The van der Waals surface area contributed by atoms with Gasteiger partial charge in [0.05, 0.1) is 38.8 Å². The number of rotatable bonds is 3. The number of fused-ring (bicyclic) bond motifs is 16. The van der Waals surface area contributed by atoms with Crippen LogP contribution < -0.4 is 4.90 Å². The van der Waals surface area contributed by atoms with Gasteiger partial charge in [0.2, 0.25) is 0 Å². The van der Waals surface area contributed by atoms with Crippen LogP contribution in [0.2, 0.25) is 0 Å². The quantitative estimate of drug-likeness (QED) is 0.178. The van der Waals surface area contributed by atoms with Gasteiger partial charge in [-0.3, -0.25) is 4.40 Å². The maximum absolute atomic E-state index is 5.93. The molecule has 5 heterocycles. The standard InChI is InChI=1S/C57H44N4/c1-56(2,3)35-28-42-43-30-36(57(4,5)6)31-48(59(37-19-9-7-10-20-37)38-21-11-8-12-22-38)53(43)61-52(42)44(29-35)45-32-47-50(58-55(45)61)46-27-34-18-14-15-23-39(34)49-41-26-25-33-17-13-16-24-40(33)51(41)60(47)54(46)49/h7-32H,1-6H3. The lowest BCUT2D eigenvalue weighted by Gasteiger charge is -2.29. The van der Waals surface area contributed by atoms with E-state index in [2.05, 4.69) is 213 Å². The monoisotopic (exact) mass is 784 g/mol.